The largest absolute Gasteiger partial charge is 0.429 e. The van der Waals surface area contributed by atoms with Gasteiger partial charge in [-0.1, -0.05) is 38.3 Å². The molecule has 3 nitrogen and oxygen atoms in total. The lowest BCUT2D eigenvalue weighted by atomic mass is 9.99. The van der Waals surface area contributed by atoms with Crippen LogP contribution in [0.5, 0.6) is 5.75 Å². The Hall–Kier alpha value is -4.29. The molecule has 0 spiro atoms. The highest BCUT2D eigenvalue weighted by atomic mass is 19.3. The van der Waals surface area contributed by atoms with Gasteiger partial charge in [-0.05, 0) is 66.1 Å². The molecule has 4 aromatic rings. The molecular weight excluding hydrogens is 651 g/mol. The van der Waals surface area contributed by atoms with E-state index in [2.05, 4.69) is 11.7 Å². The quantitative estimate of drug-likeness (QED) is 0.0897. The number of ether oxygens (including phenoxy) is 3. The number of rotatable bonds is 11. The lowest BCUT2D eigenvalue weighted by Gasteiger charge is -2.29. The number of benzene rings is 4. The second-order valence-electron chi connectivity index (χ2n) is 11.3. The van der Waals surface area contributed by atoms with E-state index in [0.29, 0.717) is 43.1 Å². The summed E-state index contributed by atoms with van der Waals surface area (Å²) in [6.45, 7) is 3.03. The highest BCUT2D eigenvalue weighted by Gasteiger charge is 2.29. The van der Waals surface area contributed by atoms with Crippen LogP contribution < -0.4 is 4.74 Å². The molecule has 5 rings (SSSR count). The van der Waals surface area contributed by atoms with E-state index in [1.807, 2.05) is 0 Å². The van der Waals surface area contributed by atoms with Gasteiger partial charge in [0.1, 0.15) is 29.0 Å². The van der Waals surface area contributed by atoms with Crippen LogP contribution in [-0.2, 0) is 9.47 Å². The third-order valence-corrected chi connectivity index (χ3v) is 7.77. The first-order chi connectivity index (χ1) is 22.8. The molecule has 0 bridgehead atoms. The van der Waals surface area contributed by atoms with Gasteiger partial charge in [-0.15, -0.1) is 0 Å². The van der Waals surface area contributed by atoms with Gasteiger partial charge in [-0.3, -0.25) is 0 Å². The summed E-state index contributed by atoms with van der Waals surface area (Å²) >= 11 is 0. The van der Waals surface area contributed by atoms with E-state index in [-0.39, 0.29) is 23.1 Å². The monoisotopic (exact) mass is 680 g/mol. The van der Waals surface area contributed by atoms with Gasteiger partial charge in [0.2, 0.25) is 0 Å². The summed E-state index contributed by atoms with van der Waals surface area (Å²) in [5, 5.41) is 0. The topological polar surface area (TPSA) is 27.7 Å². The first-order valence-electron chi connectivity index (χ1n) is 15.1. The predicted octanol–water partition coefficient (Wildman–Crippen LogP) is 10.9. The fourth-order valence-electron chi connectivity index (χ4n) is 5.27. The van der Waals surface area contributed by atoms with Gasteiger partial charge in [0.05, 0.1) is 13.2 Å². The zero-order valence-electron chi connectivity index (χ0n) is 25.5. The molecular formula is C36H29F9O3. The van der Waals surface area contributed by atoms with Crippen molar-refractivity contribution in [2.75, 3.05) is 13.2 Å². The van der Waals surface area contributed by atoms with Crippen molar-refractivity contribution in [3.05, 3.63) is 119 Å². The molecule has 1 fully saturated rings. The third kappa shape index (κ3) is 8.22. The first-order valence-corrected chi connectivity index (χ1v) is 15.1. The van der Waals surface area contributed by atoms with Crippen LogP contribution >= 0.6 is 0 Å². The van der Waals surface area contributed by atoms with Crippen LogP contribution in [-0.4, -0.2) is 19.3 Å². The van der Waals surface area contributed by atoms with Gasteiger partial charge in [-0.2, -0.15) is 8.78 Å². The first kappa shape index (κ1) is 35.0. The minimum absolute atomic E-state index is 0.0264. The van der Waals surface area contributed by atoms with Crippen molar-refractivity contribution in [1.82, 2.24) is 0 Å². The Labute approximate surface area is 270 Å². The second-order valence-corrected chi connectivity index (χ2v) is 11.3. The van der Waals surface area contributed by atoms with Gasteiger partial charge in [-0.25, -0.2) is 30.7 Å². The number of alkyl halides is 2. The van der Waals surface area contributed by atoms with Crippen LogP contribution in [0.25, 0.3) is 28.3 Å². The summed E-state index contributed by atoms with van der Waals surface area (Å²) in [5.41, 5.74) is -1.66. The lowest BCUT2D eigenvalue weighted by molar-refractivity contribution is -0.206. The van der Waals surface area contributed by atoms with Crippen molar-refractivity contribution in [1.29, 1.82) is 0 Å². The Morgan fingerprint density at radius 3 is 1.83 bits per heavy atom. The van der Waals surface area contributed by atoms with Gasteiger partial charge in [0.25, 0.3) is 0 Å². The highest BCUT2D eigenvalue weighted by Crippen LogP contribution is 2.34. The van der Waals surface area contributed by atoms with Gasteiger partial charge in [0, 0.05) is 40.3 Å². The predicted molar refractivity (Wildman–Crippen MR) is 160 cm³/mol. The van der Waals surface area contributed by atoms with Crippen LogP contribution in [0.15, 0.2) is 66.7 Å². The van der Waals surface area contributed by atoms with Crippen LogP contribution in [0.2, 0.25) is 0 Å². The Morgan fingerprint density at radius 2 is 1.27 bits per heavy atom. The smallest absolute Gasteiger partial charge is 0.419 e. The summed E-state index contributed by atoms with van der Waals surface area (Å²) in [6.07, 6.45) is -0.328. The highest BCUT2D eigenvalue weighted by molar-refractivity contribution is 5.68. The lowest BCUT2D eigenvalue weighted by Crippen LogP contribution is -2.27. The number of unbranched alkanes of at least 4 members (excludes halogenated alkanes) is 2. The van der Waals surface area contributed by atoms with Crippen molar-refractivity contribution < 1.29 is 53.7 Å². The zero-order valence-corrected chi connectivity index (χ0v) is 25.5. The Balaban J connectivity index is 1.26. The number of halogens is 9. The van der Waals surface area contributed by atoms with E-state index in [1.54, 1.807) is 0 Å². The molecule has 0 amide bonds. The maximum Gasteiger partial charge on any atom is 0.419 e. The second kappa shape index (κ2) is 14.9. The maximum atomic E-state index is 15.1. The van der Waals surface area contributed by atoms with E-state index in [0.717, 1.165) is 56.0 Å². The van der Waals surface area contributed by atoms with Crippen molar-refractivity contribution in [3.8, 4) is 28.0 Å². The molecule has 0 atom stereocenters. The van der Waals surface area contributed by atoms with Crippen molar-refractivity contribution in [2.24, 2.45) is 5.92 Å². The van der Waals surface area contributed by atoms with E-state index in [9.17, 15) is 35.1 Å². The molecule has 0 aromatic heterocycles. The summed E-state index contributed by atoms with van der Waals surface area (Å²) in [4.78, 5) is 0. The van der Waals surface area contributed by atoms with Crippen molar-refractivity contribution in [3.63, 3.8) is 0 Å². The fraction of sp³-hybridized carbons (Fsp3) is 0.278. The summed E-state index contributed by atoms with van der Waals surface area (Å²) in [7, 11) is 0. The molecule has 48 heavy (non-hydrogen) atoms. The fourth-order valence-corrected chi connectivity index (χ4v) is 5.27. The van der Waals surface area contributed by atoms with E-state index >= 15 is 4.39 Å². The molecule has 1 aliphatic heterocycles. The average molecular weight is 681 g/mol. The molecule has 12 heteroatoms. The van der Waals surface area contributed by atoms with Crippen LogP contribution in [0, 0.1) is 46.6 Å². The minimum atomic E-state index is -4.21. The molecule has 1 saturated heterocycles. The van der Waals surface area contributed by atoms with E-state index in [1.165, 1.54) is 12.1 Å². The van der Waals surface area contributed by atoms with Crippen molar-refractivity contribution in [2.45, 2.75) is 45.0 Å². The summed E-state index contributed by atoms with van der Waals surface area (Å²) in [6, 6.07) is 8.79. The van der Waals surface area contributed by atoms with E-state index < -0.39 is 75.6 Å². The molecule has 0 aliphatic carbocycles. The normalized spacial score (nSPS) is 16.9. The maximum absolute atomic E-state index is 15.1. The average Bonchev–Trinajstić information content (AvgIpc) is 3.03. The van der Waals surface area contributed by atoms with Crippen LogP contribution in [0.4, 0.5) is 39.5 Å². The van der Waals surface area contributed by atoms with Gasteiger partial charge in [0.15, 0.2) is 23.7 Å². The van der Waals surface area contributed by atoms with Crippen LogP contribution in [0.1, 0.15) is 50.0 Å². The Morgan fingerprint density at radius 1 is 0.708 bits per heavy atom. The molecule has 254 valence electrons. The Kier molecular flexibility index (Phi) is 10.8. The summed E-state index contributed by atoms with van der Waals surface area (Å²) < 4.78 is 145. The zero-order chi connectivity index (χ0) is 34.6. The molecule has 0 N–H and O–H groups in total. The third-order valence-electron chi connectivity index (χ3n) is 7.77. The van der Waals surface area contributed by atoms with Crippen LogP contribution in [0.3, 0.4) is 0 Å². The van der Waals surface area contributed by atoms with Gasteiger partial charge < -0.3 is 14.2 Å². The SMILES string of the molecule is CCCCCC1COC(c2ccc(-c3cc(F)c(/C=C/C(F)(F)Oc4ccc(-c5cc(F)c(F)c(F)c5)c(F)c4)c(F)c3)c(F)c2)OC1. The van der Waals surface area contributed by atoms with Crippen molar-refractivity contribution >= 4 is 6.08 Å². The molecule has 1 aliphatic rings. The molecule has 4 aromatic carbocycles. The molecule has 0 saturated carbocycles. The van der Waals surface area contributed by atoms with Gasteiger partial charge >= 0.3 is 6.11 Å². The Bertz CT molecular complexity index is 1750. The molecule has 0 radical (unpaired) electrons. The number of hydrogen-bond acceptors (Lipinski definition) is 3. The van der Waals surface area contributed by atoms with E-state index in [4.69, 9.17) is 9.47 Å². The number of hydrogen-bond donors (Lipinski definition) is 0. The molecule has 1 heterocycles. The standard InChI is InChI=1S/C36H29F9O3/c1-2-3-4-5-20-18-46-35(47-19-20)21-6-8-25(28(37)12-21)22-13-29(38)27(30(39)14-22)10-11-36(44,45)48-24-7-9-26(31(40)17-24)23-15-32(41)34(43)33(42)16-23/h6-17,20,35H,2-5,18-19H2,1H3/b11-10+. The molecule has 0 unspecified atom stereocenters. The summed E-state index contributed by atoms with van der Waals surface area (Å²) in [5.74, 6) is -10.0. The minimum Gasteiger partial charge on any atom is -0.429 e.